The van der Waals surface area contributed by atoms with E-state index in [0.29, 0.717) is 0 Å². The van der Waals surface area contributed by atoms with Crippen molar-refractivity contribution < 1.29 is 0 Å². The molecule has 0 saturated carbocycles. The van der Waals surface area contributed by atoms with Crippen LogP contribution in [-0.2, 0) is 6.54 Å². The third-order valence-corrected chi connectivity index (χ3v) is 4.11. The molecule has 1 aromatic heterocycles. The first-order valence-electron chi connectivity index (χ1n) is 5.83. The van der Waals surface area contributed by atoms with Crippen LogP contribution in [0.25, 0.3) is 0 Å². The van der Waals surface area contributed by atoms with Gasteiger partial charge >= 0.3 is 0 Å². The van der Waals surface area contributed by atoms with Crippen LogP contribution in [0.4, 0.5) is 0 Å². The Balaban J connectivity index is 1.60. The summed E-state index contributed by atoms with van der Waals surface area (Å²) in [4.78, 5) is 1.48. The smallest absolute Gasteiger partial charge is 0.0302 e. The van der Waals surface area contributed by atoms with E-state index in [9.17, 15) is 0 Å². The predicted molar refractivity (Wildman–Crippen MR) is 66.4 cm³/mol. The Morgan fingerprint density at radius 3 is 3.20 bits per heavy atom. The predicted octanol–water partition coefficient (Wildman–Crippen LogP) is 2.29. The van der Waals surface area contributed by atoms with E-state index < -0.39 is 0 Å². The molecule has 1 fully saturated rings. The van der Waals surface area contributed by atoms with Crippen molar-refractivity contribution in [2.75, 3.05) is 13.1 Å². The third-order valence-electron chi connectivity index (χ3n) is 3.09. The van der Waals surface area contributed by atoms with Gasteiger partial charge in [0.2, 0.25) is 0 Å². The van der Waals surface area contributed by atoms with Gasteiger partial charge in [0.15, 0.2) is 0 Å². The van der Waals surface area contributed by atoms with Crippen LogP contribution >= 0.6 is 11.3 Å². The van der Waals surface area contributed by atoms with E-state index in [2.05, 4.69) is 29.0 Å². The van der Waals surface area contributed by atoms with Crippen molar-refractivity contribution in [2.45, 2.75) is 38.8 Å². The van der Waals surface area contributed by atoms with Crippen LogP contribution in [-0.4, -0.2) is 19.1 Å². The highest BCUT2D eigenvalue weighted by Gasteiger charge is 2.12. The van der Waals surface area contributed by atoms with Gasteiger partial charge in [-0.05, 0) is 56.3 Å². The average Bonchev–Trinajstić information content (AvgIpc) is 2.85. The number of nitrogens with one attached hydrogen (secondary N) is 2. The number of aryl methyl sites for hydroxylation is 1. The molecular weight excluding hydrogens is 204 g/mol. The summed E-state index contributed by atoms with van der Waals surface area (Å²) in [5, 5.41) is 9.22. The number of hydrogen-bond donors (Lipinski definition) is 2. The summed E-state index contributed by atoms with van der Waals surface area (Å²) < 4.78 is 0. The number of thiophene rings is 1. The highest BCUT2D eigenvalue weighted by Crippen LogP contribution is 2.15. The first-order valence-corrected chi connectivity index (χ1v) is 6.71. The molecule has 2 nitrogen and oxygen atoms in total. The molecule has 1 aliphatic rings. The van der Waals surface area contributed by atoms with Gasteiger partial charge < -0.3 is 10.6 Å². The maximum Gasteiger partial charge on any atom is 0.0302 e. The average molecular weight is 224 g/mol. The molecule has 1 atom stereocenters. The second-order valence-electron chi connectivity index (χ2n) is 4.29. The van der Waals surface area contributed by atoms with Crippen LogP contribution in [0, 0.1) is 6.92 Å². The molecule has 2 heterocycles. The van der Waals surface area contributed by atoms with Gasteiger partial charge in [-0.15, -0.1) is 11.3 Å². The zero-order chi connectivity index (χ0) is 10.5. The van der Waals surface area contributed by atoms with Gasteiger partial charge in [0, 0.05) is 17.5 Å². The molecular formula is C12H20N2S. The van der Waals surface area contributed by atoms with E-state index in [0.717, 1.165) is 19.1 Å². The molecule has 15 heavy (non-hydrogen) atoms. The molecule has 0 bridgehead atoms. The van der Waals surface area contributed by atoms with E-state index in [-0.39, 0.29) is 0 Å². The fraction of sp³-hybridized carbons (Fsp3) is 0.667. The van der Waals surface area contributed by atoms with E-state index in [1.54, 1.807) is 0 Å². The lowest BCUT2D eigenvalue weighted by Gasteiger charge is -2.10. The monoisotopic (exact) mass is 224 g/mol. The molecule has 1 aromatic rings. The summed E-state index contributed by atoms with van der Waals surface area (Å²) in [6.07, 6.45) is 3.98. The SMILES string of the molecule is Cc1ccsc1CNCCC1CCCN1. The van der Waals surface area contributed by atoms with Crippen LogP contribution in [0.3, 0.4) is 0 Å². The molecule has 84 valence electrons. The lowest BCUT2D eigenvalue weighted by Crippen LogP contribution is -2.26. The van der Waals surface area contributed by atoms with E-state index in [1.165, 1.54) is 36.2 Å². The fourth-order valence-corrected chi connectivity index (χ4v) is 2.94. The second-order valence-corrected chi connectivity index (χ2v) is 5.29. The summed E-state index contributed by atoms with van der Waals surface area (Å²) in [6, 6.07) is 2.96. The van der Waals surface area contributed by atoms with Crippen molar-refractivity contribution in [1.82, 2.24) is 10.6 Å². The molecule has 0 aliphatic carbocycles. The molecule has 1 saturated heterocycles. The van der Waals surface area contributed by atoms with Gasteiger partial charge in [0.25, 0.3) is 0 Å². The molecule has 1 aliphatic heterocycles. The van der Waals surface area contributed by atoms with Crippen LogP contribution < -0.4 is 10.6 Å². The van der Waals surface area contributed by atoms with Crippen molar-refractivity contribution in [2.24, 2.45) is 0 Å². The van der Waals surface area contributed by atoms with Crippen LogP contribution in [0.15, 0.2) is 11.4 Å². The molecule has 0 radical (unpaired) electrons. The van der Waals surface area contributed by atoms with E-state index >= 15 is 0 Å². The van der Waals surface area contributed by atoms with Gasteiger partial charge in [-0.1, -0.05) is 0 Å². The van der Waals surface area contributed by atoms with Crippen molar-refractivity contribution in [3.8, 4) is 0 Å². The third kappa shape index (κ3) is 3.30. The van der Waals surface area contributed by atoms with Gasteiger partial charge in [-0.3, -0.25) is 0 Å². The highest BCUT2D eigenvalue weighted by molar-refractivity contribution is 7.10. The van der Waals surface area contributed by atoms with Gasteiger partial charge in [-0.2, -0.15) is 0 Å². The summed E-state index contributed by atoms with van der Waals surface area (Å²) in [7, 11) is 0. The lowest BCUT2D eigenvalue weighted by atomic mass is 10.1. The fourth-order valence-electron chi connectivity index (χ4n) is 2.07. The Morgan fingerprint density at radius 2 is 2.53 bits per heavy atom. The van der Waals surface area contributed by atoms with E-state index in [1.807, 2.05) is 11.3 Å². The zero-order valence-electron chi connectivity index (χ0n) is 9.38. The zero-order valence-corrected chi connectivity index (χ0v) is 10.2. The van der Waals surface area contributed by atoms with Crippen LogP contribution in [0.2, 0.25) is 0 Å². The topological polar surface area (TPSA) is 24.1 Å². The Hall–Kier alpha value is -0.380. The maximum atomic E-state index is 3.53. The molecule has 0 amide bonds. The summed E-state index contributed by atoms with van der Waals surface area (Å²) in [5.41, 5.74) is 1.42. The first-order chi connectivity index (χ1) is 7.36. The van der Waals surface area contributed by atoms with Crippen LogP contribution in [0.5, 0.6) is 0 Å². The minimum Gasteiger partial charge on any atom is -0.314 e. The summed E-state index contributed by atoms with van der Waals surface area (Å²) in [6.45, 7) is 5.58. The quantitative estimate of drug-likeness (QED) is 0.750. The number of hydrogen-bond acceptors (Lipinski definition) is 3. The maximum absolute atomic E-state index is 3.53. The largest absolute Gasteiger partial charge is 0.314 e. The molecule has 2 N–H and O–H groups in total. The lowest BCUT2D eigenvalue weighted by molar-refractivity contribution is 0.524. The summed E-state index contributed by atoms with van der Waals surface area (Å²) >= 11 is 1.85. The van der Waals surface area contributed by atoms with Gasteiger partial charge in [-0.25, -0.2) is 0 Å². The Morgan fingerprint density at radius 1 is 1.60 bits per heavy atom. The molecule has 3 heteroatoms. The molecule has 2 rings (SSSR count). The van der Waals surface area contributed by atoms with E-state index in [4.69, 9.17) is 0 Å². The van der Waals surface area contributed by atoms with Crippen molar-refractivity contribution in [1.29, 1.82) is 0 Å². The highest BCUT2D eigenvalue weighted by atomic mass is 32.1. The Kier molecular flexibility index (Phi) is 4.18. The normalized spacial score (nSPS) is 21.0. The minimum absolute atomic E-state index is 0.766. The minimum atomic E-state index is 0.766. The number of rotatable bonds is 5. The molecule has 1 unspecified atom stereocenters. The van der Waals surface area contributed by atoms with Crippen molar-refractivity contribution in [3.63, 3.8) is 0 Å². The Labute approximate surface area is 96.1 Å². The van der Waals surface area contributed by atoms with Gasteiger partial charge in [0.1, 0.15) is 0 Å². The molecule has 0 aromatic carbocycles. The second kappa shape index (κ2) is 5.64. The summed E-state index contributed by atoms with van der Waals surface area (Å²) in [5.74, 6) is 0. The standard InChI is InChI=1S/C12H20N2S/c1-10-5-8-15-12(10)9-13-7-4-11-3-2-6-14-11/h5,8,11,13-14H,2-4,6-7,9H2,1H3. The molecule has 0 spiro atoms. The van der Waals surface area contributed by atoms with Crippen LogP contribution in [0.1, 0.15) is 29.7 Å². The van der Waals surface area contributed by atoms with Crippen molar-refractivity contribution >= 4 is 11.3 Å². The Bertz CT molecular complexity index is 290. The van der Waals surface area contributed by atoms with Crippen molar-refractivity contribution in [3.05, 3.63) is 21.9 Å². The first kappa shape index (κ1) is 11.1. The van der Waals surface area contributed by atoms with Gasteiger partial charge in [0.05, 0.1) is 0 Å².